The highest BCUT2D eigenvalue weighted by atomic mass is 16.3. The van der Waals surface area contributed by atoms with Gasteiger partial charge in [0.05, 0.1) is 17.8 Å². The molecule has 3 heterocycles. The van der Waals surface area contributed by atoms with Crippen molar-refractivity contribution >= 4 is 12.4 Å². The van der Waals surface area contributed by atoms with Gasteiger partial charge in [-0.25, -0.2) is 0 Å². The molecule has 1 aromatic carbocycles. The maximum atomic E-state index is 12.8. The van der Waals surface area contributed by atoms with E-state index in [-0.39, 0.29) is 24.4 Å². The molecule has 0 radical (unpaired) electrons. The van der Waals surface area contributed by atoms with Crippen LogP contribution in [0.25, 0.3) is 11.3 Å². The van der Waals surface area contributed by atoms with Gasteiger partial charge in [-0.2, -0.15) is 5.10 Å². The van der Waals surface area contributed by atoms with Crippen LogP contribution < -0.4 is 5.56 Å². The van der Waals surface area contributed by atoms with Crippen molar-refractivity contribution in [3.8, 4) is 11.3 Å². The number of H-pyrrole nitrogens is 2. The second kappa shape index (κ2) is 9.25. The summed E-state index contributed by atoms with van der Waals surface area (Å²) >= 11 is 0. The predicted molar refractivity (Wildman–Crippen MR) is 111 cm³/mol. The Morgan fingerprint density at radius 1 is 1.20 bits per heavy atom. The van der Waals surface area contributed by atoms with Crippen molar-refractivity contribution in [2.24, 2.45) is 7.05 Å². The molecule has 0 bridgehead atoms. The van der Waals surface area contributed by atoms with Crippen molar-refractivity contribution in [3.63, 3.8) is 0 Å². The number of aromatic amines is 2. The summed E-state index contributed by atoms with van der Waals surface area (Å²) in [5.74, 6) is -0.0148. The highest BCUT2D eigenvalue weighted by Crippen LogP contribution is 2.28. The molecule has 0 aliphatic carbocycles. The van der Waals surface area contributed by atoms with Crippen LogP contribution in [-0.2, 0) is 35.9 Å². The molecule has 9 heteroatoms. The second-order valence-corrected chi connectivity index (χ2v) is 7.11. The third kappa shape index (κ3) is 4.35. The van der Waals surface area contributed by atoms with Gasteiger partial charge < -0.3 is 15.1 Å². The van der Waals surface area contributed by atoms with Gasteiger partial charge in [-0.15, -0.1) is 0 Å². The normalized spacial score (nSPS) is 13.1. The van der Waals surface area contributed by atoms with E-state index in [4.69, 9.17) is 15.0 Å². The molecule has 0 atom stereocenters. The molecule has 4 rings (SSSR count). The molecule has 2 aromatic heterocycles. The van der Waals surface area contributed by atoms with E-state index in [1.807, 2.05) is 34.8 Å². The number of carbonyl (C=O) groups excluding carboxylic acids is 1. The summed E-state index contributed by atoms with van der Waals surface area (Å²) in [6.07, 6.45) is 1.62. The summed E-state index contributed by atoms with van der Waals surface area (Å²) in [7, 11) is 1.97. The van der Waals surface area contributed by atoms with Crippen LogP contribution in [0.1, 0.15) is 22.5 Å². The second-order valence-electron chi connectivity index (χ2n) is 7.11. The number of carboxylic acid groups (broad SMARTS) is 1. The molecule has 30 heavy (non-hydrogen) atoms. The number of fused-ring (bicyclic) bond motifs is 1. The zero-order valence-electron chi connectivity index (χ0n) is 17.0. The minimum Gasteiger partial charge on any atom is -0.483 e. The highest BCUT2D eigenvalue weighted by Gasteiger charge is 2.25. The van der Waals surface area contributed by atoms with Gasteiger partial charge in [0.1, 0.15) is 0 Å². The molecule has 158 valence electrons. The van der Waals surface area contributed by atoms with Crippen molar-refractivity contribution in [3.05, 3.63) is 63.2 Å². The molecule has 0 saturated carbocycles. The fourth-order valence-corrected chi connectivity index (χ4v) is 3.84. The fourth-order valence-electron chi connectivity index (χ4n) is 3.84. The van der Waals surface area contributed by atoms with Crippen LogP contribution in [0.15, 0.2) is 35.1 Å². The number of hydrogen-bond donors (Lipinski definition) is 3. The van der Waals surface area contributed by atoms with Crippen LogP contribution in [0, 0.1) is 6.92 Å². The molecule has 0 fully saturated rings. The lowest BCUT2D eigenvalue weighted by Crippen LogP contribution is -2.35. The van der Waals surface area contributed by atoms with Gasteiger partial charge in [0.25, 0.3) is 12.0 Å². The smallest absolute Gasteiger partial charge is 0.290 e. The summed E-state index contributed by atoms with van der Waals surface area (Å²) in [5.41, 5.74) is 5.57. The Balaban J connectivity index is 0.000000806. The largest absolute Gasteiger partial charge is 0.483 e. The molecule has 0 saturated heterocycles. The Kier molecular flexibility index (Phi) is 6.51. The van der Waals surface area contributed by atoms with Gasteiger partial charge in [-0.05, 0) is 13.3 Å². The van der Waals surface area contributed by atoms with Gasteiger partial charge in [-0.1, -0.05) is 30.3 Å². The van der Waals surface area contributed by atoms with E-state index < -0.39 is 0 Å². The van der Waals surface area contributed by atoms with Crippen LogP contribution in [0.5, 0.6) is 0 Å². The predicted octanol–water partition coefficient (Wildman–Crippen LogP) is 1.28. The summed E-state index contributed by atoms with van der Waals surface area (Å²) in [6, 6.07) is 10.2. The monoisotopic (exact) mass is 411 g/mol. The van der Waals surface area contributed by atoms with E-state index in [1.165, 1.54) is 5.56 Å². The molecule has 1 amide bonds. The van der Waals surface area contributed by atoms with Crippen LogP contribution in [-0.4, -0.2) is 55.5 Å². The van der Waals surface area contributed by atoms with E-state index in [0.717, 1.165) is 35.5 Å². The lowest BCUT2D eigenvalue weighted by atomic mass is 10.0. The summed E-state index contributed by atoms with van der Waals surface area (Å²) < 4.78 is 1.94. The number of benzene rings is 1. The van der Waals surface area contributed by atoms with Crippen molar-refractivity contribution in [2.75, 3.05) is 13.1 Å². The number of carbonyl (C=O) groups is 2. The average Bonchev–Trinajstić information content (AvgIpc) is 3.13. The molecule has 0 unspecified atom stereocenters. The Hall–Kier alpha value is -3.62. The average molecular weight is 411 g/mol. The molecular weight excluding hydrogens is 386 g/mol. The third-order valence-electron chi connectivity index (χ3n) is 5.30. The van der Waals surface area contributed by atoms with E-state index >= 15 is 0 Å². The van der Waals surface area contributed by atoms with Crippen LogP contribution >= 0.6 is 0 Å². The van der Waals surface area contributed by atoms with Crippen LogP contribution in [0.4, 0.5) is 0 Å². The number of rotatable bonds is 3. The Labute approximate surface area is 173 Å². The molecule has 0 spiro atoms. The molecule has 1 aliphatic rings. The van der Waals surface area contributed by atoms with Crippen LogP contribution in [0.2, 0.25) is 0 Å². The Morgan fingerprint density at radius 3 is 2.50 bits per heavy atom. The SMILES string of the molecule is Cc1[nH][nH]c(=O)c1CC(=O)N1CCc2nn(C)c(-c3ccccc3)c2CC1.O=CO. The fraction of sp³-hybridized carbons (Fsp3) is 0.333. The van der Waals surface area contributed by atoms with Crippen molar-refractivity contribution in [1.82, 2.24) is 24.9 Å². The quantitative estimate of drug-likeness (QED) is 0.560. The van der Waals surface area contributed by atoms with Gasteiger partial charge >= 0.3 is 0 Å². The van der Waals surface area contributed by atoms with Gasteiger partial charge in [0.2, 0.25) is 5.91 Å². The first kappa shape index (κ1) is 21.1. The molecule has 1 aliphatic heterocycles. The minimum atomic E-state index is -0.250. The van der Waals surface area contributed by atoms with Crippen LogP contribution in [0.3, 0.4) is 0 Å². The van der Waals surface area contributed by atoms with Crippen molar-refractivity contribution in [2.45, 2.75) is 26.2 Å². The third-order valence-corrected chi connectivity index (χ3v) is 5.30. The topological polar surface area (TPSA) is 124 Å². The Bertz CT molecular complexity index is 1080. The molecular formula is C21H25N5O4. The van der Waals surface area contributed by atoms with E-state index in [9.17, 15) is 9.59 Å². The first-order valence-electron chi connectivity index (χ1n) is 9.68. The van der Waals surface area contributed by atoms with Crippen molar-refractivity contribution in [1.29, 1.82) is 0 Å². The minimum absolute atomic E-state index is 0.0148. The van der Waals surface area contributed by atoms with E-state index in [1.54, 1.807) is 6.92 Å². The number of aryl methyl sites for hydroxylation is 2. The van der Waals surface area contributed by atoms with Gasteiger partial charge in [-0.3, -0.25) is 24.2 Å². The number of nitrogens with zero attached hydrogens (tertiary/aromatic N) is 3. The summed E-state index contributed by atoms with van der Waals surface area (Å²) in [6.45, 7) is 2.81. The number of nitrogens with one attached hydrogen (secondary N) is 2. The highest BCUT2D eigenvalue weighted by molar-refractivity contribution is 5.79. The maximum absolute atomic E-state index is 12.8. The van der Waals surface area contributed by atoms with Crippen molar-refractivity contribution < 1.29 is 14.7 Å². The number of amides is 1. The standard InChI is InChI=1S/C20H23N5O2.CH2O2/c1-13-16(20(27)22-21-13)12-18(26)25-10-8-15-17(9-11-25)23-24(2)19(15)14-6-4-3-5-7-14;2-1-3/h3-7H,8-12H2,1-2H3,(H2,21,22,27);1H,(H,2,3). The van der Waals surface area contributed by atoms with Gasteiger partial charge in [0, 0.05) is 48.9 Å². The zero-order chi connectivity index (χ0) is 21.7. The first-order valence-corrected chi connectivity index (χ1v) is 9.68. The molecule has 3 aromatic rings. The van der Waals surface area contributed by atoms with E-state index in [2.05, 4.69) is 22.3 Å². The van der Waals surface area contributed by atoms with Gasteiger partial charge in [0.15, 0.2) is 0 Å². The molecule has 9 nitrogen and oxygen atoms in total. The summed E-state index contributed by atoms with van der Waals surface area (Å²) in [5, 5.41) is 16.9. The Morgan fingerprint density at radius 2 is 1.87 bits per heavy atom. The maximum Gasteiger partial charge on any atom is 0.290 e. The number of aromatic nitrogens is 4. The zero-order valence-corrected chi connectivity index (χ0v) is 17.0. The first-order chi connectivity index (χ1) is 14.5. The number of hydrogen-bond acceptors (Lipinski definition) is 4. The molecule has 3 N–H and O–H groups in total. The lowest BCUT2D eigenvalue weighted by Gasteiger charge is -2.20. The lowest BCUT2D eigenvalue weighted by molar-refractivity contribution is -0.130. The van der Waals surface area contributed by atoms with E-state index in [0.29, 0.717) is 18.7 Å². The summed E-state index contributed by atoms with van der Waals surface area (Å²) in [4.78, 5) is 34.8.